The van der Waals surface area contributed by atoms with E-state index in [9.17, 15) is 13.2 Å². The molecule has 0 aliphatic rings. The highest BCUT2D eigenvalue weighted by molar-refractivity contribution is 7.98. The zero-order valence-electron chi connectivity index (χ0n) is 15.5. The predicted molar refractivity (Wildman–Crippen MR) is 101 cm³/mol. The van der Waals surface area contributed by atoms with Crippen LogP contribution in [-0.2, 0) is 11.9 Å². The van der Waals surface area contributed by atoms with Gasteiger partial charge in [0.05, 0.1) is 11.3 Å². The van der Waals surface area contributed by atoms with Crippen molar-refractivity contribution in [3.05, 3.63) is 59.6 Å². The van der Waals surface area contributed by atoms with Gasteiger partial charge < -0.3 is 4.52 Å². The topological polar surface area (TPSA) is 69.1 Å². The van der Waals surface area contributed by atoms with Crippen LogP contribution in [0, 0.1) is 0 Å². The molecule has 0 saturated carbocycles. The Morgan fingerprint density at radius 2 is 1.83 bits per heavy atom. The first kappa shape index (κ1) is 19.4. The predicted octanol–water partition coefficient (Wildman–Crippen LogP) is 5.21. The van der Waals surface area contributed by atoms with Gasteiger partial charge in [-0.05, 0) is 23.6 Å². The van der Waals surface area contributed by atoms with E-state index in [0.717, 1.165) is 17.8 Å². The third kappa shape index (κ3) is 4.12. The number of hydrogen-bond donors (Lipinski definition) is 0. The van der Waals surface area contributed by atoms with Crippen molar-refractivity contribution in [2.45, 2.75) is 36.9 Å². The van der Waals surface area contributed by atoms with E-state index in [-0.39, 0.29) is 5.75 Å². The average Bonchev–Trinajstić information content (AvgIpc) is 3.32. The third-order valence-corrected chi connectivity index (χ3v) is 5.25. The second-order valence-corrected chi connectivity index (χ2v) is 7.65. The number of rotatable bonds is 5. The number of nitrogens with zero attached hydrogens (tertiary/aromatic N) is 5. The molecule has 0 unspecified atom stereocenters. The molecule has 4 rings (SSSR count). The molecule has 0 N–H and O–H groups in total. The van der Waals surface area contributed by atoms with Crippen LogP contribution in [-0.4, -0.2) is 24.7 Å². The fourth-order valence-electron chi connectivity index (χ4n) is 2.71. The maximum Gasteiger partial charge on any atom is 0.417 e. The molecule has 0 saturated heterocycles. The number of fused-ring (bicyclic) bond motifs is 1. The molecule has 4 aromatic rings. The maximum atomic E-state index is 12.9. The van der Waals surface area contributed by atoms with E-state index >= 15 is 0 Å². The quantitative estimate of drug-likeness (QED) is 0.414. The largest absolute Gasteiger partial charge is 0.417 e. The van der Waals surface area contributed by atoms with Gasteiger partial charge in [-0.1, -0.05) is 55.0 Å². The molecule has 29 heavy (non-hydrogen) atoms. The van der Waals surface area contributed by atoms with Gasteiger partial charge in [-0.3, -0.25) is 4.40 Å². The molecule has 0 bridgehead atoms. The summed E-state index contributed by atoms with van der Waals surface area (Å²) in [5, 5.41) is 12.1. The summed E-state index contributed by atoms with van der Waals surface area (Å²) < 4.78 is 45.4. The van der Waals surface area contributed by atoms with Gasteiger partial charge in [-0.2, -0.15) is 18.2 Å². The van der Waals surface area contributed by atoms with Crippen molar-refractivity contribution in [2.24, 2.45) is 0 Å². The van der Waals surface area contributed by atoms with E-state index < -0.39 is 11.7 Å². The highest BCUT2D eigenvalue weighted by Gasteiger charge is 2.31. The lowest BCUT2D eigenvalue weighted by atomic mass is 10.0. The number of pyridine rings is 1. The lowest BCUT2D eigenvalue weighted by Gasteiger charge is -2.06. The monoisotopic (exact) mass is 419 g/mol. The molecule has 3 heterocycles. The van der Waals surface area contributed by atoms with Gasteiger partial charge in [0.25, 0.3) is 0 Å². The summed E-state index contributed by atoms with van der Waals surface area (Å²) in [6, 6.07) is 10.2. The average molecular weight is 419 g/mol. The van der Waals surface area contributed by atoms with Crippen molar-refractivity contribution in [2.75, 3.05) is 0 Å². The molecule has 6 nitrogen and oxygen atoms in total. The van der Waals surface area contributed by atoms with Crippen LogP contribution in [0.5, 0.6) is 0 Å². The Bertz CT molecular complexity index is 1130. The molecule has 150 valence electrons. The van der Waals surface area contributed by atoms with Crippen molar-refractivity contribution in [3.63, 3.8) is 0 Å². The minimum absolute atomic E-state index is 0.258. The van der Waals surface area contributed by atoms with Crippen LogP contribution in [0.3, 0.4) is 0 Å². The summed E-state index contributed by atoms with van der Waals surface area (Å²) in [5.74, 6) is 1.49. The minimum atomic E-state index is -4.44. The standard InChI is InChI=1S/C19H16F3N5OS/c1-11(2)12-3-5-13(6-4-12)17-23-16(28-26-17)10-29-18-25-24-15-8-7-14(9-27(15)18)19(20,21)22/h3-9,11H,10H2,1-2H3. The Morgan fingerprint density at radius 1 is 1.07 bits per heavy atom. The third-order valence-electron chi connectivity index (χ3n) is 4.33. The molecular weight excluding hydrogens is 403 g/mol. The Labute approximate surface area is 168 Å². The van der Waals surface area contributed by atoms with Gasteiger partial charge in [0.1, 0.15) is 0 Å². The van der Waals surface area contributed by atoms with Crippen LogP contribution in [0.25, 0.3) is 17.0 Å². The first-order chi connectivity index (χ1) is 13.8. The highest BCUT2D eigenvalue weighted by atomic mass is 32.2. The van der Waals surface area contributed by atoms with Crippen LogP contribution in [0.2, 0.25) is 0 Å². The summed E-state index contributed by atoms with van der Waals surface area (Å²) in [7, 11) is 0. The Hall–Kier alpha value is -2.88. The van der Waals surface area contributed by atoms with Crippen LogP contribution in [0.1, 0.15) is 36.8 Å². The molecule has 0 spiro atoms. The van der Waals surface area contributed by atoms with Crippen molar-refractivity contribution in [1.82, 2.24) is 24.7 Å². The summed E-state index contributed by atoms with van der Waals surface area (Å²) in [6.07, 6.45) is -3.46. The Kier molecular flexibility index (Phi) is 5.03. The van der Waals surface area contributed by atoms with Gasteiger partial charge in [0.15, 0.2) is 10.8 Å². The first-order valence-corrected chi connectivity index (χ1v) is 9.77. The first-order valence-electron chi connectivity index (χ1n) is 8.79. The summed E-state index contributed by atoms with van der Waals surface area (Å²) in [4.78, 5) is 4.36. The number of thioether (sulfide) groups is 1. The number of alkyl halides is 3. The van der Waals surface area contributed by atoms with Crippen LogP contribution in [0.4, 0.5) is 13.2 Å². The molecule has 0 fully saturated rings. The molecule has 10 heteroatoms. The number of benzene rings is 1. The van der Waals surface area contributed by atoms with Gasteiger partial charge in [-0.25, -0.2) is 0 Å². The maximum absolute atomic E-state index is 12.9. The fourth-order valence-corrected chi connectivity index (χ4v) is 3.46. The van der Waals surface area contributed by atoms with E-state index in [1.807, 2.05) is 24.3 Å². The van der Waals surface area contributed by atoms with Gasteiger partial charge in [0, 0.05) is 11.8 Å². The number of halogens is 3. The highest BCUT2D eigenvalue weighted by Crippen LogP contribution is 2.30. The second-order valence-electron chi connectivity index (χ2n) is 6.70. The SMILES string of the molecule is CC(C)c1ccc(-c2noc(CSc3nnc4ccc(C(F)(F)F)cn34)n2)cc1. The lowest BCUT2D eigenvalue weighted by molar-refractivity contribution is -0.137. The van der Waals surface area contributed by atoms with Crippen molar-refractivity contribution >= 4 is 17.4 Å². The van der Waals surface area contributed by atoms with E-state index in [4.69, 9.17) is 4.52 Å². The van der Waals surface area contributed by atoms with Crippen molar-refractivity contribution in [1.29, 1.82) is 0 Å². The smallest absolute Gasteiger partial charge is 0.338 e. The second kappa shape index (κ2) is 7.51. The Balaban J connectivity index is 1.50. The number of aromatic nitrogens is 5. The molecule has 3 aromatic heterocycles. The molecule has 0 radical (unpaired) electrons. The van der Waals surface area contributed by atoms with Crippen molar-refractivity contribution in [3.8, 4) is 11.4 Å². The molecular formula is C19H16F3N5OS. The molecule has 0 amide bonds. The van der Waals surface area contributed by atoms with Crippen LogP contribution in [0.15, 0.2) is 52.3 Å². The van der Waals surface area contributed by atoms with Crippen LogP contribution >= 0.6 is 11.8 Å². The van der Waals surface area contributed by atoms with Gasteiger partial charge in [0.2, 0.25) is 11.7 Å². The normalized spacial score (nSPS) is 12.2. The Morgan fingerprint density at radius 3 is 2.52 bits per heavy atom. The lowest BCUT2D eigenvalue weighted by Crippen LogP contribution is -2.06. The van der Waals surface area contributed by atoms with Crippen LogP contribution < -0.4 is 0 Å². The zero-order chi connectivity index (χ0) is 20.6. The number of hydrogen-bond acceptors (Lipinski definition) is 6. The van der Waals surface area contributed by atoms with Crippen molar-refractivity contribution < 1.29 is 17.7 Å². The van der Waals surface area contributed by atoms with E-state index in [1.54, 1.807) is 0 Å². The van der Waals surface area contributed by atoms with Gasteiger partial charge >= 0.3 is 6.18 Å². The molecule has 0 atom stereocenters. The molecule has 1 aromatic carbocycles. The summed E-state index contributed by atoms with van der Waals surface area (Å²) in [6.45, 7) is 4.23. The molecule has 0 aliphatic heterocycles. The van der Waals surface area contributed by atoms with E-state index in [0.29, 0.717) is 28.4 Å². The van der Waals surface area contributed by atoms with Gasteiger partial charge in [-0.15, -0.1) is 10.2 Å². The zero-order valence-corrected chi connectivity index (χ0v) is 16.3. The fraction of sp³-hybridized carbons (Fsp3) is 0.263. The van der Waals surface area contributed by atoms with E-state index in [1.165, 1.54) is 27.8 Å². The molecule has 0 aliphatic carbocycles. The summed E-state index contributed by atoms with van der Waals surface area (Å²) >= 11 is 1.17. The van der Waals surface area contributed by atoms with E-state index in [2.05, 4.69) is 34.2 Å². The summed E-state index contributed by atoms with van der Waals surface area (Å²) in [5.41, 5.74) is 1.61. The minimum Gasteiger partial charge on any atom is -0.338 e.